The molecule has 0 aromatic heterocycles. The lowest BCUT2D eigenvalue weighted by Crippen LogP contribution is -2.19. The van der Waals surface area contributed by atoms with Crippen molar-refractivity contribution in [2.24, 2.45) is 5.73 Å². The Balaban J connectivity index is 3.15. The lowest BCUT2D eigenvalue weighted by Gasteiger charge is -2.05. The van der Waals surface area contributed by atoms with E-state index >= 15 is 0 Å². The largest absolute Gasteiger partial charge is 0.478 e. The zero-order chi connectivity index (χ0) is 11.4. The summed E-state index contributed by atoms with van der Waals surface area (Å²) in [5.41, 5.74) is 5.73. The number of anilines is 1. The Morgan fingerprint density at radius 1 is 1.60 bits per heavy atom. The standard InChI is InChI=1S/C9H7N3O2S/c10-4-5-3-6(12-9(11)15)1-2-7(5)8(13)14/h1-3H,(H,13,14)(H3,11,12,15). The number of carbonyl (C=O) groups is 1. The molecule has 76 valence electrons. The fraction of sp³-hybridized carbons (Fsp3) is 0. The molecule has 0 unspecified atom stereocenters. The van der Waals surface area contributed by atoms with E-state index in [0.717, 1.165) is 0 Å². The number of benzene rings is 1. The van der Waals surface area contributed by atoms with Gasteiger partial charge in [-0.25, -0.2) is 4.79 Å². The predicted octanol–water partition coefficient (Wildman–Crippen LogP) is 0.912. The number of nitrogens with two attached hydrogens (primary N) is 1. The third kappa shape index (κ3) is 2.65. The second-order valence-corrected chi connectivity index (χ2v) is 3.11. The van der Waals surface area contributed by atoms with Crippen LogP contribution in [0.4, 0.5) is 5.69 Å². The van der Waals surface area contributed by atoms with Crippen molar-refractivity contribution in [1.82, 2.24) is 0 Å². The molecule has 1 aromatic carbocycles. The summed E-state index contributed by atoms with van der Waals surface area (Å²) in [6.07, 6.45) is 0. The summed E-state index contributed by atoms with van der Waals surface area (Å²) in [7, 11) is 0. The van der Waals surface area contributed by atoms with Crippen molar-refractivity contribution in [3.05, 3.63) is 29.3 Å². The van der Waals surface area contributed by atoms with Crippen molar-refractivity contribution < 1.29 is 9.90 Å². The first-order chi connectivity index (χ1) is 7.04. The van der Waals surface area contributed by atoms with E-state index in [0.29, 0.717) is 5.69 Å². The summed E-state index contributed by atoms with van der Waals surface area (Å²) >= 11 is 4.61. The molecule has 0 atom stereocenters. The molecule has 4 N–H and O–H groups in total. The van der Waals surface area contributed by atoms with Crippen LogP contribution in [0.5, 0.6) is 0 Å². The highest BCUT2D eigenvalue weighted by atomic mass is 32.1. The first-order valence-electron chi connectivity index (χ1n) is 3.88. The van der Waals surface area contributed by atoms with Gasteiger partial charge in [-0.1, -0.05) is 0 Å². The van der Waals surface area contributed by atoms with Gasteiger partial charge < -0.3 is 16.2 Å². The van der Waals surface area contributed by atoms with Crippen molar-refractivity contribution in [1.29, 1.82) is 5.26 Å². The number of carboxylic acids is 1. The SMILES string of the molecule is N#Cc1cc(NC(N)=S)ccc1C(=O)O. The fourth-order valence-corrected chi connectivity index (χ4v) is 1.16. The van der Waals surface area contributed by atoms with Gasteiger partial charge in [0.1, 0.15) is 6.07 Å². The van der Waals surface area contributed by atoms with Gasteiger partial charge in [-0.2, -0.15) is 5.26 Å². The summed E-state index contributed by atoms with van der Waals surface area (Å²) in [5.74, 6) is -1.14. The molecule has 0 spiro atoms. The van der Waals surface area contributed by atoms with Crippen LogP contribution < -0.4 is 11.1 Å². The van der Waals surface area contributed by atoms with E-state index in [-0.39, 0.29) is 16.2 Å². The minimum atomic E-state index is -1.14. The maximum atomic E-state index is 10.7. The molecule has 0 aliphatic heterocycles. The van der Waals surface area contributed by atoms with Gasteiger partial charge in [-0.3, -0.25) is 0 Å². The molecular weight excluding hydrogens is 214 g/mol. The third-order valence-corrected chi connectivity index (χ3v) is 1.74. The number of aromatic carboxylic acids is 1. The van der Waals surface area contributed by atoms with Crippen LogP contribution in [0.2, 0.25) is 0 Å². The van der Waals surface area contributed by atoms with E-state index in [4.69, 9.17) is 16.1 Å². The molecule has 0 saturated heterocycles. The van der Waals surface area contributed by atoms with E-state index in [1.54, 1.807) is 6.07 Å². The van der Waals surface area contributed by atoms with Gasteiger partial charge in [0.25, 0.3) is 0 Å². The highest BCUT2D eigenvalue weighted by molar-refractivity contribution is 7.80. The number of thiocarbonyl (C=S) groups is 1. The Hall–Kier alpha value is -2.13. The predicted molar refractivity (Wildman–Crippen MR) is 58.5 cm³/mol. The molecule has 0 amide bonds. The summed E-state index contributed by atoms with van der Waals surface area (Å²) in [6, 6.07) is 5.97. The zero-order valence-electron chi connectivity index (χ0n) is 7.52. The first kappa shape index (κ1) is 10.9. The van der Waals surface area contributed by atoms with E-state index < -0.39 is 5.97 Å². The van der Waals surface area contributed by atoms with Crippen LogP contribution in [0.1, 0.15) is 15.9 Å². The molecule has 1 aromatic rings. The topological polar surface area (TPSA) is 99.1 Å². The molecule has 0 saturated carbocycles. The zero-order valence-corrected chi connectivity index (χ0v) is 8.34. The van der Waals surface area contributed by atoms with Crippen molar-refractivity contribution in [2.45, 2.75) is 0 Å². The van der Waals surface area contributed by atoms with Crippen LogP contribution in [0, 0.1) is 11.3 Å². The average molecular weight is 221 g/mol. The van der Waals surface area contributed by atoms with Crippen molar-refractivity contribution >= 4 is 29.0 Å². The quantitative estimate of drug-likeness (QED) is 0.642. The maximum Gasteiger partial charge on any atom is 0.337 e. The minimum absolute atomic E-state index is 0.0500. The molecule has 6 heteroatoms. The van der Waals surface area contributed by atoms with Gasteiger partial charge in [-0.05, 0) is 30.4 Å². The highest BCUT2D eigenvalue weighted by Crippen LogP contribution is 2.15. The second-order valence-electron chi connectivity index (χ2n) is 2.67. The van der Waals surface area contributed by atoms with Gasteiger partial charge in [0.05, 0.1) is 11.1 Å². The van der Waals surface area contributed by atoms with Gasteiger partial charge in [0.2, 0.25) is 0 Å². The summed E-state index contributed by atoms with van der Waals surface area (Å²) in [6.45, 7) is 0. The molecule has 0 bridgehead atoms. The Bertz CT molecular complexity index is 465. The van der Waals surface area contributed by atoms with E-state index in [1.165, 1.54) is 18.2 Å². The van der Waals surface area contributed by atoms with E-state index in [2.05, 4.69) is 17.5 Å². The Morgan fingerprint density at radius 2 is 2.27 bits per heavy atom. The van der Waals surface area contributed by atoms with Crippen molar-refractivity contribution in [2.75, 3.05) is 5.32 Å². The Morgan fingerprint density at radius 3 is 2.73 bits per heavy atom. The molecule has 1 rings (SSSR count). The lowest BCUT2D eigenvalue weighted by molar-refractivity contribution is 0.0696. The minimum Gasteiger partial charge on any atom is -0.478 e. The smallest absolute Gasteiger partial charge is 0.337 e. The fourth-order valence-electron chi connectivity index (χ4n) is 1.04. The first-order valence-corrected chi connectivity index (χ1v) is 4.29. The molecule has 0 aliphatic rings. The highest BCUT2D eigenvalue weighted by Gasteiger charge is 2.10. The number of hydrogen-bond acceptors (Lipinski definition) is 3. The van der Waals surface area contributed by atoms with Gasteiger partial charge in [-0.15, -0.1) is 0 Å². The molecule has 0 fully saturated rings. The van der Waals surface area contributed by atoms with Crippen molar-refractivity contribution in [3.63, 3.8) is 0 Å². The van der Waals surface area contributed by atoms with E-state index in [1.807, 2.05) is 0 Å². The monoisotopic (exact) mass is 221 g/mol. The molecule has 5 nitrogen and oxygen atoms in total. The molecule has 0 radical (unpaired) electrons. The number of nitrogens with zero attached hydrogens (tertiary/aromatic N) is 1. The van der Waals surface area contributed by atoms with E-state index in [9.17, 15) is 4.79 Å². The van der Waals surface area contributed by atoms with Crippen LogP contribution in [0.25, 0.3) is 0 Å². The number of rotatable bonds is 2. The van der Waals surface area contributed by atoms with Gasteiger partial charge in [0.15, 0.2) is 5.11 Å². The molecule has 0 heterocycles. The van der Waals surface area contributed by atoms with Crippen LogP contribution in [-0.4, -0.2) is 16.2 Å². The molecular formula is C9H7N3O2S. The maximum absolute atomic E-state index is 10.7. The normalized spacial score (nSPS) is 9.00. The summed E-state index contributed by atoms with van der Waals surface area (Å²) < 4.78 is 0. The number of nitriles is 1. The lowest BCUT2D eigenvalue weighted by atomic mass is 10.1. The number of nitrogens with one attached hydrogen (secondary N) is 1. The Labute approximate surface area is 91.1 Å². The summed E-state index contributed by atoms with van der Waals surface area (Å²) in [4.78, 5) is 10.7. The number of hydrogen-bond donors (Lipinski definition) is 3. The second kappa shape index (κ2) is 4.39. The third-order valence-electron chi connectivity index (χ3n) is 1.64. The van der Waals surface area contributed by atoms with Gasteiger partial charge >= 0.3 is 5.97 Å². The summed E-state index contributed by atoms with van der Waals surface area (Å²) in [5, 5.41) is 20.1. The van der Waals surface area contributed by atoms with Crippen LogP contribution in [0.15, 0.2) is 18.2 Å². The van der Waals surface area contributed by atoms with Crippen LogP contribution in [-0.2, 0) is 0 Å². The van der Waals surface area contributed by atoms with Crippen molar-refractivity contribution in [3.8, 4) is 6.07 Å². The Kier molecular flexibility index (Phi) is 3.21. The number of carboxylic acid groups (broad SMARTS) is 1. The van der Waals surface area contributed by atoms with Crippen LogP contribution >= 0.6 is 12.2 Å². The van der Waals surface area contributed by atoms with Crippen LogP contribution in [0.3, 0.4) is 0 Å². The van der Waals surface area contributed by atoms with Gasteiger partial charge in [0, 0.05) is 5.69 Å². The molecule has 15 heavy (non-hydrogen) atoms. The molecule has 0 aliphatic carbocycles. The average Bonchev–Trinajstić information content (AvgIpc) is 2.16.